The van der Waals surface area contributed by atoms with Crippen LogP contribution >= 0.6 is 0 Å². The molecule has 2 rings (SSSR count). The summed E-state index contributed by atoms with van der Waals surface area (Å²) in [5.41, 5.74) is 0. The molecule has 0 aromatic rings. The van der Waals surface area contributed by atoms with E-state index < -0.39 is 11.8 Å². The maximum atomic E-state index is 12.1. The maximum absolute atomic E-state index is 12.1. The van der Waals surface area contributed by atoms with Crippen molar-refractivity contribution in [3.05, 3.63) is 0 Å². The molecule has 1 amide bonds. The molecular formula is C15H22N2O2. The number of carbonyl (C=O) groups excluding carboxylic acids is 2. The lowest BCUT2D eigenvalue weighted by Gasteiger charge is -2.21. The van der Waals surface area contributed by atoms with Crippen LogP contribution in [0.4, 0.5) is 0 Å². The van der Waals surface area contributed by atoms with Gasteiger partial charge >= 0.3 is 0 Å². The molecule has 2 saturated carbocycles. The standard InChI is InChI=1S/C15H22N2O2/c1-9(2)17-15(19)13(8-16)14(18)7-12-6-10-3-4-11(12)5-10/h9-13H,3-7H2,1-2H3,(H,17,19)/t10-,11-,12+,13-/m0/s1. The van der Waals surface area contributed by atoms with Crippen molar-refractivity contribution in [3.8, 4) is 6.07 Å². The summed E-state index contributed by atoms with van der Waals surface area (Å²) >= 11 is 0. The van der Waals surface area contributed by atoms with Gasteiger partial charge in [-0.25, -0.2) is 0 Å². The van der Waals surface area contributed by atoms with Crippen LogP contribution in [0.2, 0.25) is 0 Å². The molecule has 0 aliphatic heterocycles. The van der Waals surface area contributed by atoms with E-state index >= 15 is 0 Å². The molecule has 2 aliphatic carbocycles. The van der Waals surface area contributed by atoms with Gasteiger partial charge in [0.25, 0.3) is 0 Å². The zero-order valence-corrected chi connectivity index (χ0v) is 11.7. The third-order valence-corrected chi connectivity index (χ3v) is 4.49. The molecule has 2 fully saturated rings. The van der Waals surface area contributed by atoms with Gasteiger partial charge in [-0.1, -0.05) is 6.42 Å². The third-order valence-electron chi connectivity index (χ3n) is 4.49. The predicted octanol–water partition coefficient (Wildman–Crippen LogP) is 2.05. The van der Waals surface area contributed by atoms with Crippen molar-refractivity contribution in [1.82, 2.24) is 5.32 Å². The molecule has 0 aromatic carbocycles. The summed E-state index contributed by atoms with van der Waals surface area (Å²) in [5, 5.41) is 11.7. The van der Waals surface area contributed by atoms with Crippen molar-refractivity contribution in [3.63, 3.8) is 0 Å². The highest BCUT2D eigenvalue weighted by atomic mass is 16.2. The van der Waals surface area contributed by atoms with Crippen LogP contribution < -0.4 is 5.32 Å². The van der Waals surface area contributed by atoms with Gasteiger partial charge in [0.2, 0.25) is 5.91 Å². The van der Waals surface area contributed by atoms with E-state index in [1.165, 1.54) is 19.3 Å². The Morgan fingerprint density at radius 2 is 2.05 bits per heavy atom. The molecule has 19 heavy (non-hydrogen) atoms. The predicted molar refractivity (Wildman–Crippen MR) is 70.9 cm³/mol. The van der Waals surface area contributed by atoms with E-state index in [1.54, 1.807) is 0 Å². The first kappa shape index (κ1) is 14.0. The zero-order valence-electron chi connectivity index (χ0n) is 11.7. The van der Waals surface area contributed by atoms with E-state index in [4.69, 9.17) is 5.26 Å². The summed E-state index contributed by atoms with van der Waals surface area (Å²) in [6, 6.07) is 1.82. The van der Waals surface area contributed by atoms with Crippen LogP contribution in [0.25, 0.3) is 0 Å². The van der Waals surface area contributed by atoms with Crippen molar-refractivity contribution < 1.29 is 9.59 Å². The molecule has 1 N–H and O–H groups in total. The number of nitrogens with zero attached hydrogens (tertiary/aromatic N) is 1. The molecule has 0 aromatic heterocycles. The van der Waals surface area contributed by atoms with Crippen molar-refractivity contribution in [2.24, 2.45) is 23.7 Å². The zero-order chi connectivity index (χ0) is 14.0. The second-order valence-electron chi connectivity index (χ2n) is 6.33. The summed E-state index contributed by atoms with van der Waals surface area (Å²) in [5.74, 6) is 0.0913. The van der Waals surface area contributed by atoms with Gasteiger partial charge in [-0.3, -0.25) is 9.59 Å². The fraction of sp³-hybridized carbons (Fsp3) is 0.800. The molecular weight excluding hydrogens is 240 g/mol. The van der Waals surface area contributed by atoms with Crippen molar-refractivity contribution in [2.75, 3.05) is 0 Å². The van der Waals surface area contributed by atoms with Crippen molar-refractivity contribution in [2.45, 2.75) is 52.0 Å². The monoisotopic (exact) mass is 262 g/mol. The second-order valence-corrected chi connectivity index (χ2v) is 6.33. The highest BCUT2D eigenvalue weighted by Gasteiger charge is 2.41. The summed E-state index contributed by atoms with van der Waals surface area (Å²) in [4.78, 5) is 24.0. The van der Waals surface area contributed by atoms with Gasteiger partial charge in [0, 0.05) is 12.5 Å². The molecule has 104 valence electrons. The molecule has 0 heterocycles. The molecule has 4 atom stereocenters. The van der Waals surface area contributed by atoms with E-state index in [2.05, 4.69) is 5.32 Å². The molecule has 4 heteroatoms. The molecule has 0 unspecified atom stereocenters. The molecule has 4 nitrogen and oxygen atoms in total. The minimum Gasteiger partial charge on any atom is -0.352 e. The number of hydrogen-bond donors (Lipinski definition) is 1. The highest BCUT2D eigenvalue weighted by Crippen LogP contribution is 2.49. The average molecular weight is 262 g/mol. The van der Waals surface area contributed by atoms with Gasteiger partial charge in [0.05, 0.1) is 6.07 Å². The molecule has 2 aliphatic rings. The highest BCUT2D eigenvalue weighted by molar-refractivity contribution is 6.04. The first-order valence-corrected chi connectivity index (χ1v) is 7.24. The van der Waals surface area contributed by atoms with Gasteiger partial charge in [-0.05, 0) is 50.9 Å². The molecule has 2 bridgehead atoms. The Morgan fingerprint density at radius 3 is 2.53 bits per heavy atom. The first-order chi connectivity index (χ1) is 9.01. The van der Waals surface area contributed by atoms with Gasteiger partial charge in [-0.15, -0.1) is 0 Å². The van der Waals surface area contributed by atoms with Crippen LogP contribution in [0, 0.1) is 35.0 Å². The van der Waals surface area contributed by atoms with Crippen molar-refractivity contribution >= 4 is 11.7 Å². The Kier molecular flexibility index (Phi) is 4.24. The number of Topliss-reactive ketones (excluding diaryl/α,β-unsaturated/α-hetero) is 1. The van der Waals surface area contributed by atoms with Crippen LogP contribution in [0.5, 0.6) is 0 Å². The number of hydrogen-bond acceptors (Lipinski definition) is 3. The lowest BCUT2D eigenvalue weighted by Crippen LogP contribution is -2.39. The van der Waals surface area contributed by atoms with Gasteiger partial charge in [-0.2, -0.15) is 5.26 Å². The van der Waals surface area contributed by atoms with Gasteiger partial charge in [0.15, 0.2) is 11.7 Å². The topological polar surface area (TPSA) is 70.0 Å². The van der Waals surface area contributed by atoms with E-state index in [1.807, 2.05) is 19.9 Å². The van der Waals surface area contributed by atoms with Crippen LogP contribution in [0.1, 0.15) is 46.0 Å². The fourth-order valence-corrected chi connectivity index (χ4v) is 3.65. The maximum Gasteiger partial charge on any atom is 0.245 e. The quantitative estimate of drug-likeness (QED) is 0.771. The van der Waals surface area contributed by atoms with E-state index in [-0.39, 0.29) is 11.8 Å². The second kappa shape index (κ2) is 5.73. The van der Waals surface area contributed by atoms with E-state index in [0.717, 1.165) is 12.3 Å². The Balaban J connectivity index is 1.90. The normalized spacial score (nSPS) is 30.1. The summed E-state index contributed by atoms with van der Waals surface area (Å²) in [7, 11) is 0. The largest absolute Gasteiger partial charge is 0.352 e. The summed E-state index contributed by atoms with van der Waals surface area (Å²) in [6.45, 7) is 3.65. The van der Waals surface area contributed by atoms with E-state index in [0.29, 0.717) is 18.3 Å². The van der Waals surface area contributed by atoms with Gasteiger partial charge < -0.3 is 5.32 Å². The Labute approximate surface area is 114 Å². The van der Waals surface area contributed by atoms with Crippen LogP contribution in [0.3, 0.4) is 0 Å². The lowest BCUT2D eigenvalue weighted by molar-refractivity contribution is -0.132. The van der Waals surface area contributed by atoms with Crippen LogP contribution in [-0.4, -0.2) is 17.7 Å². The molecule has 0 radical (unpaired) electrons. The third kappa shape index (κ3) is 3.15. The first-order valence-electron chi connectivity index (χ1n) is 7.24. The number of rotatable bonds is 5. The summed E-state index contributed by atoms with van der Waals surface area (Å²) < 4.78 is 0. The fourth-order valence-electron chi connectivity index (χ4n) is 3.65. The minimum atomic E-state index is -1.12. The minimum absolute atomic E-state index is 0.0429. The van der Waals surface area contributed by atoms with Gasteiger partial charge in [0.1, 0.15) is 0 Å². The number of carbonyl (C=O) groups is 2. The Bertz CT molecular complexity index is 411. The Morgan fingerprint density at radius 1 is 1.32 bits per heavy atom. The van der Waals surface area contributed by atoms with Crippen LogP contribution in [0.15, 0.2) is 0 Å². The van der Waals surface area contributed by atoms with Crippen molar-refractivity contribution in [1.29, 1.82) is 5.26 Å². The smallest absolute Gasteiger partial charge is 0.245 e. The number of fused-ring (bicyclic) bond motifs is 2. The number of amides is 1. The molecule has 0 saturated heterocycles. The van der Waals surface area contributed by atoms with E-state index in [9.17, 15) is 9.59 Å². The number of nitrogens with one attached hydrogen (secondary N) is 1. The number of nitriles is 1. The molecule has 0 spiro atoms. The summed E-state index contributed by atoms with van der Waals surface area (Å²) in [6.07, 6.45) is 5.28. The number of ketones is 1. The average Bonchev–Trinajstić information content (AvgIpc) is 2.90. The van der Waals surface area contributed by atoms with Crippen LogP contribution in [-0.2, 0) is 9.59 Å². The lowest BCUT2D eigenvalue weighted by atomic mass is 9.83. The SMILES string of the molecule is CC(C)NC(=O)[C@@H](C#N)C(=O)C[C@H]1C[C@H]2CC[C@H]1C2. The Hall–Kier alpha value is -1.37.